The van der Waals surface area contributed by atoms with Gasteiger partial charge in [-0.1, -0.05) is 0 Å². The summed E-state index contributed by atoms with van der Waals surface area (Å²) in [6.07, 6.45) is 6.59. The molecule has 114 valence electrons. The number of nitrogens with zero attached hydrogens (tertiary/aromatic N) is 2. The Hall–Kier alpha value is -2.18. The third-order valence-corrected chi connectivity index (χ3v) is 3.48. The van der Waals surface area contributed by atoms with Gasteiger partial charge in [-0.3, -0.25) is 9.59 Å². The average molecular weight is 294 g/mol. The van der Waals surface area contributed by atoms with E-state index in [1.807, 2.05) is 0 Å². The van der Waals surface area contributed by atoms with Crippen LogP contribution in [0, 0.1) is 0 Å². The molecule has 2 N–H and O–H groups in total. The van der Waals surface area contributed by atoms with Crippen LogP contribution in [0.15, 0.2) is 18.4 Å². The zero-order valence-corrected chi connectivity index (χ0v) is 11.9. The molecule has 1 fully saturated rings. The van der Waals surface area contributed by atoms with Crippen molar-refractivity contribution in [2.75, 3.05) is 13.1 Å². The van der Waals surface area contributed by atoms with Gasteiger partial charge in [0.05, 0.1) is 18.2 Å². The van der Waals surface area contributed by atoms with Crippen molar-refractivity contribution in [3.63, 3.8) is 0 Å². The first-order chi connectivity index (χ1) is 10.1. The molecule has 2 heterocycles. The minimum Gasteiger partial charge on any atom is -0.354 e. The Morgan fingerprint density at radius 3 is 3.05 bits per heavy atom. The maximum Gasteiger partial charge on any atom is 0.282 e. The van der Waals surface area contributed by atoms with E-state index in [0.29, 0.717) is 18.8 Å². The Morgan fingerprint density at radius 1 is 1.57 bits per heavy atom. The molecule has 0 aromatic carbocycles. The summed E-state index contributed by atoms with van der Waals surface area (Å²) < 4.78 is 14.1. The van der Waals surface area contributed by atoms with Crippen molar-refractivity contribution in [2.45, 2.75) is 32.2 Å². The number of halogens is 1. The average Bonchev–Trinajstić information content (AvgIpc) is 2.97. The van der Waals surface area contributed by atoms with Crippen LogP contribution in [0.3, 0.4) is 0 Å². The highest BCUT2D eigenvalue weighted by atomic mass is 19.1. The van der Waals surface area contributed by atoms with Gasteiger partial charge in [-0.15, -0.1) is 0 Å². The van der Waals surface area contributed by atoms with E-state index in [4.69, 9.17) is 0 Å². The molecule has 1 aromatic rings. The predicted molar refractivity (Wildman–Crippen MR) is 75.7 cm³/mol. The van der Waals surface area contributed by atoms with Crippen LogP contribution in [0.2, 0.25) is 0 Å². The van der Waals surface area contributed by atoms with Crippen molar-refractivity contribution in [3.8, 4) is 0 Å². The van der Waals surface area contributed by atoms with Crippen molar-refractivity contribution < 1.29 is 14.0 Å². The highest BCUT2D eigenvalue weighted by Gasteiger charge is 2.29. The lowest BCUT2D eigenvalue weighted by molar-refractivity contribution is -0.132. The van der Waals surface area contributed by atoms with Crippen molar-refractivity contribution >= 4 is 17.9 Å². The first kappa shape index (κ1) is 15.2. The Bertz CT molecular complexity index is 527. The normalized spacial score (nSPS) is 19.4. The van der Waals surface area contributed by atoms with Gasteiger partial charge in [0, 0.05) is 32.1 Å². The lowest BCUT2D eigenvalue weighted by Gasteiger charge is -2.35. The van der Waals surface area contributed by atoms with E-state index >= 15 is 0 Å². The zero-order chi connectivity index (χ0) is 15.2. The van der Waals surface area contributed by atoms with Gasteiger partial charge < -0.3 is 15.2 Å². The van der Waals surface area contributed by atoms with Gasteiger partial charge in [-0.2, -0.15) is 0 Å². The molecule has 0 radical (unpaired) electrons. The molecule has 0 bridgehead atoms. The van der Waals surface area contributed by atoms with Crippen LogP contribution >= 0.6 is 0 Å². The summed E-state index contributed by atoms with van der Waals surface area (Å²) in [7, 11) is 0. The molecule has 1 atom stereocenters. The molecule has 6 nitrogen and oxygen atoms in total. The van der Waals surface area contributed by atoms with E-state index < -0.39 is 11.7 Å². The summed E-state index contributed by atoms with van der Waals surface area (Å²) in [6.45, 7) is 2.29. The number of hydrogen-bond acceptors (Lipinski definition) is 3. The molecule has 1 unspecified atom stereocenters. The number of rotatable bonds is 4. The first-order valence-corrected chi connectivity index (χ1v) is 6.99. The van der Waals surface area contributed by atoms with Crippen molar-refractivity contribution in [1.82, 2.24) is 20.2 Å². The molecule has 1 aliphatic heterocycles. The van der Waals surface area contributed by atoms with Crippen LogP contribution in [-0.2, 0) is 9.59 Å². The summed E-state index contributed by atoms with van der Waals surface area (Å²) >= 11 is 0. The van der Waals surface area contributed by atoms with Gasteiger partial charge in [0.25, 0.3) is 5.91 Å². The highest BCUT2D eigenvalue weighted by molar-refractivity contribution is 5.95. The third kappa shape index (κ3) is 4.14. The molecule has 1 aromatic heterocycles. The molecule has 0 spiro atoms. The number of imidazole rings is 1. The molecule has 0 aliphatic carbocycles. The third-order valence-electron chi connectivity index (χ3n) is 3.48. The summed E-state index contributed by atoms with van der Waals surface area (Å²) in [5.74, 6) is -1.62. The number of hydrogen-bond donors (Lipinski definition) is 2. The monoisotopic (exact) mass is 294 g/mol. The van der Waals surface area contributed by atoms with Gasteiger partial charge >= 0.3 is 0 Å². The second-order valence-corrected chi connectivity index (χ2v) is 5.08. The summed E-state index contributed by atoms with van der Waals surface area (Å²) in [4.78, 5) is 31.2. The molecular formula is C14H19FN4O2. The number of nitrogens with one attached hydrogen (secondary N) is 2. The zero-order valence-electron chi connectivity index (χ0n) is 11.9. The van der Waals surface area contributed by atoms with Crippen molar-refractivity contribution in [1.29, 1.82) is 0 Å². The van der Waals surface area contributed by atoms with Crippen molar-refractivity contribution in [2.24, 2.45) is 0 Å². The fraction of sp³-hybridized carbons (Fsp3) is 0.500. The summed E-state index contributed by atoms with van der Waals surface area (Å²) in [5.41, 5.74) is 0.441. The van der Waals surface area contributed by atoms with Crippen LogP contribution in [0.5, 0.6) is 0 Å². The van der Waals surface area contributed by atoms with Gasteiger partial charge in [-0.05, 0) is 19.3 Å². The molecule has 21 heavy (non-hydrogen) atoms. The fourth-order valence-electron chi connectivity index (χ4n) is 2.42. The quantitative estimate of drug-likeness (QED) is 0.820. The van der Waals surface area contributed by atoms with Gasteiger partial charge in [0.15, 0.2) is 5.83 Å². The molecule has 0 saturated carbocycles. The standard InChI is InChI=1S/C14H19FN4O2/c1-10(20)17-8-12-4-2-3-5-19(12)14(21)13(15)6-11-7-16-9-18-11/h6-7,9,12H,2-5,8H2,1H3,(H,16,18)(H,17,20)/b13-6-. The van der Waals surface area contributed by atoms with E-state index in [1.165, 1.54) is 24.3 Å². The summed E-state index contributed by atoms with van der Waals surface area (Å²) in [5, 5.41) is 2.69. The van der Waals surface area contributed by atoms with Gasteiger partial charge in [-0.25, -0.2) is 9.37 Å². The SMILES string of the molecule is CC(=O)NCC1CCCCN1C(=O)/C(F)=C/c1cnc[nH]1. The fourth-order valence-corrected chi connectivity index (χ4v) is 2.42. The van der Waals surface area contributed by atoms with Gasteiger partial charge in [0.2, 0.25) is 5.91 Å². The lowest BCUT2D eigenvalue weighted by atomic mass is 10.0. The van der Waals surface area contributed by atoms with Gasteiger partial charge in [0.1, 0.15) is 0 Å². The van der Waals surface area contributed by atoms with Crippen LogP contribution in [0.1, 0.15) is 31.9 Å². The Kier molecular flexibility index (Phi) is 5.08. The van der Waals surface area contributed by atoms with E-state index in [2.05, 4.69) is 15.3 Å². The van der Waals surface area contributed by atoms with E-state index in [1.54, 1.807) is 0 Å². The van der Waals surface area contributed by atoms with Crippen LogP contribution in [0.4, 0.5) is 4.39 Å². The minimum absolute atomic E-state index is 0.151. The van der Waals surface area contributed by atoms with E-state index in [0.717, 1.165) is 25.3 Å². The topological polar surface area (TPSA) is 78.1 Å². The van der Waals surface area contributed by atoms with E-state index in [9.17, 15) is 14.0 Å². The number of likely N-dealkylation sites (tertiary alicyclic amines) is 1. The maximum absolute atomic E-state index is 14.1. The second kappa shape index (κ2) is 7.01. The molecule has 1 saturated heterocycles. The summed E-state index contributed by atoms with van der Waals surface area (Å²) in [6, 6.07) is -0.156. The highest BCUT2D eigenvalue weighted by Crippen LogP contribution is 2.20. The Labute approximate surface area is 122 Å². The first-order valence-electron chi connectivity index (χ1n) is 6.99. The number of aromatic nitrogens is 2. The second-order valence-electron chi connectivity index (χ2n) is 5.08. The van der Waals surface area contributed by atoms with Crippen molar-refractivity contribution in [3.05, 3.63) is 24.0 Å². The smallest absolute Gasteiger partial charge is 0.282 e. The van der Waals surface area contributed by atoms with Crippen LogP contribution in [0.25, 0.3) is 6.08 Å². The number of aromatic amines is 1. The number of H-pyrrole nitrogens is 1. The largest absolute Gasteiger partial charge is 0.354 e. The van der Waals surface area contributed by atoms with Crippen LogP contribution < -0.4 is 5.32 Å². The minimum atomic E-state index is -0.825. The van der Waals surface area contributed by atoms with E-state index in [-0.39, 0.29) is 11.9 Å². The molecule has 2 rings (SSSR count). The van der Waals surface area contributed by atoms with Crippen LogP contribution in [-0.4, -0.2) is 45.8 Å². The lowest BCUT2D eigenvalue weighted by Crippen LogP contribution is -2.49. The Balaban J connectivity index is 2.05. The number of piperidine rings is 1. The molecule has 1 aliphatic rings. The number of carbonyl (C=O) groups is 2. The maximum atomic E-state index is 14.1. The number of amides is 2. The Morgan fingerprint density at radius 2 is 2.38 bits per heavy atom. The molecular weight excluding hydrogens is 275 g/mol. The number of carbonyl (C=O) groups excluding carboxylic acids is 2. The molecule has 7 heteroatoms. The predicted octanol–water partition coefficient (Wildman–Crippen LogP) is 1.24. The molecule has 2 amide bonds.